The van der Waals surface area contributed by atoms with E-state index in [1.807, 2.05) is 6.07 Å². The van der Waals surface area contributed by atoms with Gasteiger partial charge in [-0.15, -0.1) is 0 Å². The van der Waals surface area contributed by atoms with E-state index in [9.17, 15) is 14.4 Å². The minimum Gasteiger partial charge on any atom is -0.393 e. The lowest BCUT2D eigenvalue weighted by Crippen LogP contribution is -2.49. The predicted molar refractivity (Wildman–Crippen MR) is 73.7 cm³/mol. The quantitative estimate of drug-likeness (QED) is 0.655. The molecule has 114 valence electrons. The Morgan fingerprint density at radius 1 is 1.23 bits per heavy atom. The number of benzene rings is 1. The Hall–Kier alpha value is -2.21. The number of esters is 2. The van der Waals surface area contributed by atoms with E-state index in [1.54, 1.807) is 24.3 Å². The van der Waals surface area contributed by atoms with Crippen molar-refractivity contribution < 1.29 is 23.9 Å². The first-order valence-electron chi connectivity index (χ1n) is 7.37. The maximum Gasteiger partial charge on any atom is 0.320 e. The number of fused-ring (bicyclic) bond motifs is 5. The molecule has 0 aromatic heterocycles. The number of nitrogens with one attached hydrogen (secondary N) is 1. The lowest BCUT2D eigenvalue weighted by molar-refractivity contribution is -0.158. The summed E-state index contributed by atoms with van der Waals surface area (Å²) in [4.78, 5) is 35.8. The largest absolute Gasteiger partial charge is 0.393 e. The smallest absolute Gasteiger partial charge is 0.320 e. The molecule has 22 heavy (non-hydrogen) atoms. The van der Waals surface area contributed by atoms with Crippen molar-refractivity contribution in [2.24, 2.45) is 11.8 Å². The highest BCUT2D eigenvalue weighted by atomic mass is 16.6. The first-order valence-corrected chi connectivity index (χ1v) is 7.37. The molecular weight excluding hydrogens is 286 g/mol. The van der Waals surface area contributed by atoms with Crippen molar-refractivity contribution in [2.75, 3.05) is 6.54 Å². The Morgan fingerprint density at radius 3 is 2.77 bits per heavy atom. The zero-order chi connectivity index (χ0) is 15.3. The third-order valence-electron chi connectivity index (χ3n) is 4.88. The number of cyclic esters (lactones) is 2. The van der Waals surface area contributed by atoms with Crippen LogP contribution in [0.5, 0.6) is 0 Å². The molecule has 6 heteroatoms. The van der Waals surface area contributed by atoms with E-state index in [0.29, 0.717) is 18.4 Å². The van der Waals surface area contributed by atoms with Crippen LogP contribution in [0.3, 0.4) is 0 Å². The highest BCUT2D eigenvalue weighted by Gasteiger charge is 2.68. The second-order valence-electron chi connectivity index (χ2n) is 6.05. The zero-order valence-corrected chi connectivity index (χ0v) is 11.8. The van der Waals surface area contributed by atoms with Crippen LogP contribution < -0.4 is 5.32 Å². The number of hydrogen-bond acceptors (Lipinski definition) is 5. The number of carbonyl (C=O) groups is 3. The zero-order valence-electron chi connectivity index (χ0n) is 11.8. The van der Waals surface area contributed by atoms with Crippen LogP contribution in [0.1, 0.15) is 23.2 Å². The molecule has 4 atom stereocenters. The van der Waals surface area contributed by atoms with Crippen molar-refractivity contribution in [3.8, 4) is 0 Å². The van der Waals surface area contributed by atoms with Crippen molar-refractivity contribution in [2.45, 2.75) is 24.5 Å². The van der Waals surface area contributed by atoms with Crippen molar-refractivity contribution in [1.82, 2.24) is 5.32 Å². The van der Waals surface area contributed by atoms with Crippen molar-refractivity contribution in [3.05, 3.63) is 35.9 Å². The molecule has 3 aliphatic rings. The van der Waals surface area contributed by atoms with Gasteiger partial charge in [0, 0.05) is 12.1 Å². The molecule has 6 nitrogen and oxygen atoms in total. The minimum atomic E-state index is -0.803. The average molecular weight is 301 g/mol. The fraction of sp³-hybridized carbons (Fsp3) is 0.438. The molecule has 0 spiro atoms. The van der Waals surface area contributed by atoms with Crippen LogP contribution in [-0.4, -0.2) is 36.1 Å². The Bertz CT molecular complexity index is 658. The van der Waals surface area contributed by atoms with E-state index in [1.165, 1.54) is 0 Å². The van der Waals surface area contributed by atoms with Gasteiger partial charge in [0.15, 0.2) is 0 Å². The second kappa shape index (κ2) is 4.64. The van der Waals surface area contributed by atoms with Gasteiger partial charge in [-0.25, -0.2) is 0 Å². The van der Waals surface area contributed by atoms with E-state index in [-0.39, 0.29) is 18.6 Å². The maximum atomic E-state index is 12.2. The number of hydrogen-bond donors (Lipinski definition) is 1. The van der Waals surface area contributed by atoms with Gasteiger partial charge in [0.05, 0.1) is 12.0 Å². The van der Waals surface area contributed by atoms with Crippen molar-refractivity contribution in [3.63, 3.8) is 0 Å². The molecule has 1 N–H and O–H groups in total. The Kier molecular flexibility index (Phi) is 2.84. The van der Waals surface area contributed by atoms with Gasteiger partial charge in [-0.3, -0.25) is 14.4 Å². The van der Waals surface area contributed by atoms with Crippen molar-refractivity contribution in [1.29, 1.82) is 0 Å². The lowest BCUT2D eigenvalue weighted by atomic mass is 9.73. The van der Waals surface area contributed by atoms with Crippen LogP contribution in [0.4, 0.5) is 0 Å². The summed E-state index contributed by atoms with van der Waals surface area (Å²) in [5.41, 5.74) is -0.253. The molecule has 2 bridgehead atoms. The first kappa shape index (κ1) is 13.5. The SMILES string of the molecule is O=C(NCC12CCC(O1)C1C(=O)OC(=O)C12)c1ccccc1. The molecule has 0 aliphatic carbocycles. The summed E-state index contributed by atoms with van der Waals surface area (Å²) >= 11 is 0. The number of carbonyl (C=O) groups excluding carboxylic acids is 3. The third kappa shape index (κ3) is 1.80. The third-order valence-corrected chi connectivity index (χ3v) is 4.88. The summed E-state index contributed by atoms with van der Waals surface area (Å²) in [6, 6.07) is 8.84. The molecule has 3 heterocycles. The maximum absolute atomic E-state index is 12.2. The molecule has 0 saturated carbocycles. The van der Waals surface area contributed by atoms with Crippen LogP contribution in [-0.2, 0) is 19.1 Å². The van der Waals surface area contributed by atoms with E-state index >= 15 is 0 Å². The van der Waals surface area contributed by atoms with Gasteiger partial charge in [-0.1, -0.05) is 18.2 Å². The van der Waals surface area contributed by atoms with Gasteiger partial charge < -0.3 is 14.8 Å². The molecule has 1 aromatic rings. The van der Waals surface area contributed by atoms with Crippen LogP contribution in [0, 0.1) is 11.8 Å². The van der Waals surface area contributed by atoms with Gasteiger partial charge in [0.1, 0.15) is 11.5 Å². The minimum absolute atomic E-state index is 0.209. The average Bonchev–Trinajstić information content (AvgIpc) is 3.18. The lowest BCUT2D eigenvalue weighted by Gasteiger charge is -2.29. The normalized spacial score (nSPS) is 35.4. The number of ether oxygens (including phenoxy) is 2. The predicted octanol–water partition coefficient (Wildman–Crippen LogP) is 0.664. The van der Waals surface area contributed by atoms with Crippen LogP contribution in [0.2, 0.25) is 0 Å². The monoisotopic (exact) mass is 301 g/mol. The van der Waals surface area contributed by atoms with Crippen molar-refractivity contribution >= 4 is 17.8 Å². The Labute approximate surface area is 126 Å². The second-order valence-corrected chi connectivity index (χ2v) is 6.05. The highest BCUT2D eigenvalue weighted by Crippen LogP contribution is 2.54. The van der Waals surface area contributed by atoms with Gasteiger partial charge >= 0.3 is 11.9 Å². The van der Waals surface area contributed by atoms with Gasteiger partial charge in [0.2, 0.25) is 0 Å². The molecule has 3 fully saturated rings. The number of amides is 1. The van der Waals surface area contributed by atoms with E-state index in [4.69, 9.17) is 9.47 Å². The molecule has 1 aromatic carbocycles. The van der Waals surface area contributed by atoms with Gasteiger partial charge in [-0.2, -0.15) is 0 Å². The summed E-state index contributed by atoms with van der Waals surface area (Å²) in [7, 11) is 0. The summed E-state index contributed by atoms with van der Waals surface area (Å²) in [5, 5.41) is 2.82. The number of rotatable bonds is 3. The van der Waals surface area contributed by atoms with Crippen LogP contribution >= 0.6 is 0 Å². The molecule has 3 saturated heterocycles. The molecular formula is C16H15NO5. The summed E-state index contributed by atoms with van der Waals surface area (Å²) in [6.07, 6.45) is 1.10. The van der Waals surface area contributed by atoms with Gasteiger partial charge in [0.25, 0.3) is 5.91 Å². The van der Waals surface area contributed by atoms with E-state index < -0.39 is 29.4 Å². The van der Waals surface area contributed by atoms with Crippen LogP contribution in [0.25, 0.3) is 0 Å². The Morgan fingerprint density at radius 2 is 2.00 bits per heavy atom. The molecule has 3 aliphatic heterocycles. The molecule has 4 rings (SSSR count). The molecule has 1 amide bonds. The molecule has 4 unspecified atom stereocenters. The fourth-order valence-electron chi connectivity index (χ4n) is 3.87. The molecule has 0 radical (unpaired) electrons. The summed E-state index contributed by atoms with van der Waals surface area (Å²) < 4.78 is 10.7. The van der Waals surface area contributed by atoms with E-state index in [2.05, 4.69) is 5.32 Å². The van der Waals surface area contributed by atoms with Gasteiger partial charge in [-0.05, 0) is 25.0 Å². The highest BCUT2D eigenvalue weighted by molar-refractivity contribution is 5.99. The topological polar surface area (TPSA) is 81.7 Å². The standard InChI is InChI=1S/C16H15NO5/c18-13(9-4-2-1-3-5-9)17-8-16-7-6-10(22-16)11-12(16)15(20)21-14(11)19/h1-5,10-12H,6-8H2,(H,17,18). The fourth-order valence-corrected chi connectivity index (χ4v) is 3.87. The van der Waals surface area contributed by atoms with E-state index in [0.717, 1.165) is 0 Å². The Balaban J connectivity index is 1.52. The van der Waals surface area contributed by atoms with Crippen LogP contribution in [0.15, 0.2) is 30.3 Å². The first-order chi connectivity index (χ1) is 10.6. The summed E-state index contributed by atoms with van der Waals surface area (Å²) in [6.45, 7) is 0.209. The summed E-state index contributed by atoms with van der Waals surface area (Å²) in [5.74, 6) is -2.32.